The lowest BCUT2D eigenvalue weighted by Crippen LogP contribution is -2.23. The van der Waals surface area contributed by atoms with Gasteiger partial charge >= 0.3 is 5.97 Å². The summed E-state index contributed by atoms with van der Waals surface area (Å²) in [5.41, 5.74) is 1.94. The highest BCUT2D eigenvalue weighted by molar-refractivity contribution is 6.31. The van der Waals surface area contributed by atoms with Gasteiger partial charge in [-0.25, -0.2) is 0 Å². The van der Waals surface area contributed by atoms with Gasteiger partial charge in [0.1, 0.15) is 0 Å². The first-order valence-corrected chi connectivity index (χ1v) is 6.90. The Bertz CT molecular complexity index is 432. The molecule has 1 aromatic rings. The first-order chi connectivity index (χ1) is 9.03. The van der Waals surface area contributed by atoms with Crippen molar-refractivity contribution in [3.8, 4) is 0 Å². The van der Waals surface area contributed by atoms with Gasteiger partial charge in [-0.05, 0) is 20.4 Å². The van der Waals surface area contributed by atoms with Crippen LogP contribution in [0.3, 0.4) is 0 Å². The lowest BCUT2D eigenvalue weighted by atomic mass is 10.3. The molecule has 0 aromatic carbocycles. The smallest absolute Gasteiger partial charge is 0.306 e. The first-order valence-electron chi connectivity index (χ1n) is 6.52. The minimum atomic E-state index is -0.198. The Morgan fingerprint density at radius 1 is 1.47 bits per heavy atom. The van der Waals surface area contributed by atoms with Crippen molar-refractivity contribution < 1.29 is 9.53 Å². The van der Waals surface area contributed by atoms with E-state index >= 15 is 0 Å². The summed E-state index contributed by atoms with van der Waals surface area (Å²) in [7, 11) is 3.36. The molecule has 0 bridgehead atoms. The molecule has 6 heteroatoms. The molecule has 0 aliphatic rings. The third-order valence-electron chi connectivity index (χ3n) is 3.04. The lowest BCUT2D eigenvalue weighted by Gasteiger charge is -2.16. The quantitative estimate of drug-likeness (QED) is 0.721. The third kappa shape index (κ3) is 4.21. The van der Waals surface area contributed by atoms with Crippen LogP contribution < -0.4 is 0 Å². The number of aryl methyl sites for hydroxylation is 2. The van der Waals surface area contributed by atoms with Crippen LogP contribution in [0, 0.1) is 0 Å². The Morgan fingerprint density at radius 3 is 2.68 bits per heavy atom. The van der Waals surface area contributed by atoms with Crippen LogP contribution in [-0.4, -0.2) is 41.4 Å². The molecule has 19 heavy (non-hydrogen) atoms. The Balaban J connectivity index is 2.70. The van der Waals surface area contributed by atoms with Gasteiger partial charge in [-0.15, -0.1) is 0 Å². The van der Waals surface area contributed by atoms with Gasteiger partial charge in [0.2, 0.25) is 0 Å². The van der Waals surface area contributed by atoms with E-state index in [1.807, 2.05) is 30.5 Å². The average molecular weight is 288 g/mol. The maximum absolute atomic E-state index is 11.1. The number of ether oxygens (including phenoxy) is 1. The fraction of sp³-hybridized carbons (Fsp3) is 0.692. The summed E-state index contributed by atoms with van der Waals surface area (Å²) in [6.45, 7) is 6.19. The van der Waals surface area contributed by atoms with Crippen molar-refractivity contribution >= 4 is 17.6 Å². The molecule has 0 atom stereocenters. The number of aromatic nitrogens is 2. The minimum Gasteiger partial charge on any atom is -0.469 e. The number of nitrogens with zero attached hydrogens (tertiary/aromatic N) is 3. The summed E-state index contributed by atoms with van der Waals surface area (Å²) in [6.07, 6.45) is 1.20. The van der Waals surface area contributed by atoms with Crippen LogP contribution in [-0.2, 0) is 29.0 Å². The van der Waals surface area contributed by atoms with Crippen LogP contribution in [0.25, 0.3) is 0 Å². The summed E-state index contributed by atoms with van der Waals surface area (Å²) in [4.78, 5) is 13.2. The molecule has 0 amide bonds. The minimum absolute atomic E-state index is 0.198. The predicted molar refractivity (Wildman–Crippen MR) is 75.3 cm³/mol. The molecule has 5 nitrogen and oxygen atoms in total. The fourth-order valence-corrected chi connectivity index (χ4v) is 2.22. The van der Waals surface area contributed by atoms with Crippen molar-refractivity contribution in [2.24, 2.45) is 0 Å². The van der Waals surface area contributed by atoms with Gasteiger partial charge in [0, 0.05) is 19.6 Å². The highest BCUT2D eigenvalue weighted by Gasteiger charge is 2.16. The predicted octanol–water partition coefficient (Wildman–Crippen LogP) is 2.11. The normalized spacial score (nSPS) is 11.1. The van der Waals surface area contributed by atoms with Gasteiger partial charge in [-0.2, -0.15) is 5.10 Å². The molecule has 0 saturated carbocycles. The Kier molecular flexibility index (Phi) is 6.31. The van der Waals surface area contributed by atoms with E-state index in [4.69, 9.17) is 11.6 Å². The molecule has 0 spiro atoms. The highest BCUT2D eigenvalue weighted by Crippen LogP contribution is 2.22. The number of carbonyl (C=O) groups is 1. The molecule has 1 heterocycles. The molecule has 0 radical (unpaired) electrons. The van der Waals surface area contributed by atoms with Crippen LogP contribution in [0.5, 0.6) is 0 Å². The van der Waals surface area contributed by atoms with Crippen molar-refractivity contribution in [1.29, 1.82) is 0 Å². The van der Waals surface area contributed by atoms with E-state index in [2.05, 4.69) is 9.84 Å². The zero-order valence-electron chi connectivity index (χ0n) is 12.1. The van der Waals surface area contributed by atoms with Gasteiger partial charge in [0.25, 0.3) is 0 Å². The van der Waals surface area contributed by atoms with E-state index < -0.39 is 0 Å². The van der Waals surface area contributed by atoms with Crippen molar-refractivity contribution in [2.75, 3.05) is 20.7 Å². The summed E-state index contributed by atoms with van der Waals surface area (Å²) in [5.74, 6) is -0.198. The van der Waals surface area contributed by atoms with E-state index in [1.165, 1.54) is 7.11 Å². The molecule has 1 aromatic heterocycles. The van der Waals surface area contributed by atoms with Gasteiger partial charge in [0.15, 0.2) is 0 Å². The van der Waals surface area contributed by atoms with Crippen LogP contribution >= 0.6 is 11.6 Å². The molecule has 0 aliphatic heterocycles. The third-order valence-corrected chi connectivity index (χ3v) is 3.48. The van der Waals surface area contributed by atoms with Crippen LogP contribution in [0.4, 0.5) is 0 Å². The van der Waals surface area contributed by atoms with E-state index in [0.29, 0.717) is 19.5 Å². The second-order valence-electron chi connectivity index (χ2n) is 4.44. The molecule has 0 aliphatic carbocycles. The van der Waals surface area contributed by atoms with Crippen LogP contribution in [0.1, 0.15) is 31.7 Å². The fourth-order valence-electron chi connectivity index (χ4n) is 1.89. The average Bonchev–Trinajstić information content (AvgIpc) is 2.72. The molecule has 108 valence electrons. The zero-order chi connectivity index (χ0) is 14.4. The number of hydrogen-bond donors (Lipinski definition) is 0. The number of carbonyl (C=O) groups excluding carboxylic acids is 1. The molecular formula is C13H22ClN3O2. The molecule has 0 N–H and O–H groups in total. The van der Waals surface area contributed by atoms with Gasteiger partial charge in [0.05, 0.1) is 29.9 Å². The monoisotopic (exact) mass is 287 g/mol. The number of halogens is 1. The SMILES string of the molecule is CCc1nn(CC)c(CN(C)CCC(=O)OC)c1Cl. The zero-order valence-corrected chi connectivity index (χ0v) is 12.8. The molecule has 0 fully saturated rings. The summed E-state index contributed by atoms with van der Waals surface area (Å²) >= 11 is 6.34. The van der Waals surface area contributed by atoms with Crippen molar-refractivity contribution in [3.05, 3.63) is 16.4 Å². The van der Waals surface area contributed by atoms with Crippen LogP contribution in [0.15, 0.2) is 0 Å². The standard InChI is InChI=1S/C13H22ClN3O2/c1-5-10-13(14)11(17(6-2)15-10)9-16(3)8-7-12(18)19-4/h5-9H2,1-4H3. The van der Waals surface area contributed by atoms with E-state index in [-0.39, 0.29) is 5.97 Å². The number of methoxy groups -OCH3 is 1. The molecule has 0 unspecified atom stereocenters. The van der Waals surface area contributed by atoms with Gasteiger partial charge in [-0.3, -0.25) is 14.4 Å². The second kappa shape index (κ2) is 7.50. The Labute approximate surface area is 119 Å². The second-order valence-corrected chi connectivity index (χ2v) is 4.82. The van der Waals surface area contributed by atoms with Gasteiger partial charge in [-0.1, -0.05) is 18.5 Å². The van der Waals surface area contributed by atoms with Crippen LogP contribution in [0.2, 0.25) is 5.02 Å². The Morgan fingerprint density at radius 2 is 2.16 bits per heavy atom. The number of hydrogen-bond acceptors (Lipinski definition) is 4. The maximum Gasteiger partial charge on any atom is 0.306 e. The van der Waals surface area contributed by atoms with Crippen molar-refractivity contribution in [2.45, 2.75) is 39.8 Å². The first kappa shape index (κ1) is 16.0. The summed E-state index contributed by atoms with van der Waals surface area (Å²) < 4.78 is 6.56. The van der Waals surface area contributed by atoms with Crippen molar-refractivity contribution in [3.63, 3.8) is 0 Å². The van der Waals surface area contributed by atoms with Crippen molar-refractivity contribution in [1.82, 2.24) is 14.7 Å². The van der Waals surface area contributed by atoms with Gasteiger partial charge < -0.3 is 4.74 Å². The summed E-state index contributed by atoms with van der Waals surface area (Å²) in [5, 5.41) is 5.22. The Hall–Kier alpha value is -1.07. The molecular weight excluding hydrogens is 266 g/mol. The number of rotatable bonds is 7. The molecule has 0 saturated heterocycles. The highest BCUT2D eigenvalue weighted by atomic mass is 35.5. The number of esters is 1. The van der Waals surface area contributed by atoms with E-state index in [9.17, 15) is 4.79 Å². The maximum atomic E-state index is 11.1. The van der Waals surface area contributed by atoms with E-state index in [1.54, 1.807) is 0 Å². The largest absolute Gasteiger partial charge is 0.469 e. The summed E-state index contributed by atoms with van der Waals surface area (Å²) in [6, 6.07) is 0. The lowest BCUT2D eigenvalue weighted by molar-refractivity contribution is -0.140. The topological polar surface area (TPSA) is 47.4 Å². The van der Waals surface area contributed by atoms with E-state index in [0.717, 1.165) is 29.4 Å². The molecule has 1 rings (SSSR count).